The van der Waals surface area contributed by atoms with Crippen LogP contribution in [0.25, 0.3) is 11.2 Å². The van der Waals surface area contributed by atoms with Crippen LogP contribution in [0.1, 0.15) is 70.8 Å². The molecule has 12 nitrogen and oxygen atoms in total. The second-order valence-corrected chi connectivity index (χ2v) is 10.7. The molecule has 3 heterocycles. The van der Waals surface area contributed by atoms with Crippen LogP contribution in [0.3, 0.4) is 0 Å². The van der Waals surface area contributed by atoms with E-state index < -0.39 is 30.4 Å². The molecule has 3 fully saturated rings. The number of nitrogens with two attached hydrogens (primary N) is 1. The minimum Gasteiger partial charge on any atom is -0.463 e. The van der Waals surface area contributed by atoms with Gasteiger partial charge in [0.05, 0.1) is 18.3 Å². The molecule has 4 atom stereocenters. The van der Waals surface area contributed by atoms with Gasteiger partial charge in [0, 0.05) is 12.5 Å². The summed E-state index contributed by atoms with van der Waals surface area (Å²) in [5.74, 6) is 6.18. The Hall–Kier alpha value is -3.27. The van der Waals surface area contributed by atoms with Gasteiger partial charge < -0.3 is 30.7 Å². The number of nitrogen functional groups attached to an aromatic ring is 1. The van der Waals surface area contributed by atoms with Crippen LogP contribution in [-0.4, -0.2) is 72.1 Å². The van der Waals surface area contributed by atoms with Gasteiger partial charge in [0.25, 0.3) is 5.91 Å². The maximum atomic E-state index is 12.5. The Balaban J connectivity index is 1.26. The number of esters is 1. The van der Waals surface area contributed by atoms with Crippen molar-refractivity contribution in [2.24, 2.45) is 11.8 Å². The van der Waals surface area contributed by atoms with Gasteiger partial charge in [-0.15, -0.1) is 0 Å². The minimum atomic E-state index is -1.41. The van der Waals surface area contributed by atoms with Gasteiger partial charge in [-0.2, -0.15) is 0 Å². The fraction of sp³-hybridized carbons (Fsp3) is 0.654. The third-order valence-electron chi connectivity index (χ3n) is 7.27. The first-order chi connectivity index (χ1) is 18.2. The van der Waals surface area contributed by atoms with Crippen molar-refractivity contribution in [2.45, 2.75) is 95.5 Å². The van der Waals surface area contributed by atoms with E-state index in [2.05, 4.69) is 32.1 Å². The van der Waals surface area contributed by atoms with Crippen molar-refractivity contribution in [1.82, 2.24) is 24.8 Å². The number of hydrogen-bond acceptors (Lipinski definition) is 10. The highest BCUT2D eigenvalue weighted by Crippen LogP contribution is 2.33. The molecule has 0 radical (unpaired) electrons. The number of nitrogens with zero attached hydrogens (tertiary/aromatic N) is 4. The lowest BCUT2D eigenvalue weighted by Gasteiger charge is -2.26. The first kappa shape index (κ1) is 26.3. The Morgan fingerprint density at radius 1 is 1.18 bits per heavy atom. The Morgan fingerprint density at radius 3 is 2.61 bits per heavy atom. The van der Waals surface area contributed by atoms with E-state index in [4.69, 9.17) is 15.2 Å². The zero-order chi connectivity index (χ0) is 27.0. The standard InChI is InChI=1S/C26H34N6O6/c1-13(2)37-26(36)15-8-6-14(7-9-15)4-3-5-17-30-22(27)18-23(31-17)32(12-28-18)25-20(34)19(33)21(38-25)24(35)29-16-10-11-16/h12-16,19-21,25,33-34H,4,6-11H2,1-2H3,(H,29,35)(H2,27,30,31)/t14?,15?,19-,20+,21+,25?/m1/s1. The number of hydrogen-bond donors (Lipinski definition) is 4. The van der Waals surface area contributed by atoms with Gasteiger partial charge in [0.1, 0.15) is 17.7 Å². The maximum Gasteiger partial charge on any atom is 0.309 e. The number of anilines is 1. The molecule has 204 valence electrons. The second-order valence-electron chi connectivity index (χ2n) is 10.7. The molecule has 0 aromatic carbocycles. The van der Waals surface area contributed by atoms with E-state index in [9.17, 15) is 19.8 Å². The van der Waals surface area contributed by atoms with Crippen LogP contribution in [0, 0.1) is 23.7 Å². The molecule has 0 bridgehead atoms. The third kappa shape index (κ3) is 5.60. The summed E-state index contributed by atoms with van der Waals surface area (Å²) >= 11 is 0. The highest BCUT2D eigenvalue weighted by Gasteiger charge is 2.48. The number of aromatic nitrogens is 4. The molecule has 1 amide bonds. The smallest absolute Gasteiger partial charge is 0.309 e. The fourth-order valence-electron chi connectivity index (χ4n) is 5.00. The number of aliphatic hydroxyl groups excluding tert-OH is 2. The average molecular weight is 527 g/mol. The Kier molecular flexibility index (Phi) is 7.52. The van der Waals surface area contributed by atoms with Crippen LogP contribution in [0.5, 0.6) is 0 Å². The molecule has 0 spiro atoms. The highest BCUT2D eigenvalue weighted by atomic mass is 16.6. The van der Waals surface area contributed by atoms with Crippen molar-refractivity contribution in [2.75, 3.05) is 5.73 Å². The van der Waals surface area contributed by atoms with E-state index in [-0.39, 0.29) is 41.3 Å². The van der Waals surface area contributed by atoms with Crippen LogP contribution in [0.2, 0.25) is 0 Å². The lowest BCUT2D eigenvalue weighted by atomic mass is 9.80. The molecule has 1 saturated heterocycles. The van der Waals surface area contributed by atoms with Gasteiger partial charge >= 0.3 is 5.97 Å². The van der Waals surface area contributed by atoms with Gasteiger partial charge in [-0.1, -0.05) is 5.92 Å². The number of imidazole rings is 1. The Morgan fingerprint density at radius 2 is 1.92 bits per heavy atom. The SMILES string of the molecule is CC(C)OC(=O)C1CCC(CC#Cc2nc(N)c3ncn(C4O[C@H](C(=O)NC5CC5)[C@H](O)[C@@H]4O)c3n2)CC1. The predicted octanol–water partition coefficient (Wildman–Crippen LogP) is 0.806. The van der Waals surface area contributed by atoms with E-state index in [1.807, 2.05) is 13.8 Å². The molecule has 2 aliphatic carbocycles. The summed E-state index contributed by atoms with van der Waals surface area (Å²) in [6, 6.07) is 0.0914. The maximum absolute atomic E-state index is 12.5. The largest absolute Gasteiger partial charge is 0.463 e. The quantitative estimate of drug-likeness (QED) is 0.311. The third-order valence-corrected chi connectivity index (χ3v) is 7.27. The van der Waals surface area contributed by atoms with E-state index in [1.165, 1.54) is 10.9 Å². The lowest BCUT2D eigenvalue weighted by molar-refractivity contribution is -0.153. The topological polar surface area (TPSA) is 175 Å². The zero-order valence-electron chi connectivity index (χ0n) is 21.5. The summed E-state index contributed by atoms with van der Waals surface area (Å²) < 4.78 is 12.5. The number of ether oxygens (including phenoxy) is 2. The second kappa shape index (κ2) is 10.8. The number of carbonyl (C=O) groups is 2. The molecule has 3 aliphatic rings. The van der Waals surface area contributed by atoms with Crippen LogP contribution in [-0.2, 0) is 19.1 Å². The molecule has 5 N–H and O–H groups in total. The summed E-state index contributed by atoms with van der Waals surface area (Å²) in [7, 11) is 0. The molecule has 5 rings (SSSR count). The summed E-state index contributed by atoms with van der Waals surface area (Å²) in [6.07, 6.45) is 2.01. The molecule has 1 unspecified atom stereocenters. The fourth-order valence-corrected chi connectivity index (χ4v) is 5.00. The van der Waals surface area contributed by atoms with E-state index >= 15 is 0 Å². The predicted molar refractivity (Wildman–Crippen MR) is 135 cm³/mol. The van der Waals surface area contributed by atoms with Crippen LogP contribution < -0.4 is 11.1 Å². The Bertz CT molecular complexity index is 1260. The molecule has 2 aromatic rings. The highest BCUT2D eigenvalue weighted by molar-refractivity contribution is 5.83. The van der Waals surface area contributed by atoms with E-state index in [1.54, 1.807) is 0 Å². The number of aliphatic hydroxyl groups is 2. The van der Waals surface area contributed by atoms with Gasteiger partial charge in [0.15, 0.2) is 23.8 Å². The summed E-state index contributed by atoms with van der Waals surface area (Å²) in [6.45, 7) is 3.71. The van der Waals surface area contributed by atoms with Crippen LogP contribution in [0.4, 0.5) is 5.82 Å². The number of carbonyl (C=O) groups excluding carboxylic acids is 2. The van der Waals surface area contributed by atoms with Gasteiger partial charge in [-0.3, -0.25) is 14.2 Å². The molecule has 2 saturated carbocycles. The average Bonchev–Trinajstić information content (AvgIpc) is 3.51. The van der Waals surface area contributed by atoms with Crippen molar-refractivity contribution in [3.8, 4) is 11.8 Å². The molecule has 1 aliphatic heterocycles. The van der Waals surface area contributed by atoms with Gasteiger partial charge in [0.2, 0.25) is 5.82 Å². The first-order valence-electron chi connectivity index (χ1n) is 13.2. The van der Waals surface area contributed by atoms with E-state index in [0.29, 0.717) is 17.9 Å². The molecule has 2 aromatic heterocycles. The van der Waals surface area contributed by atoms with Crippen LogP contribution >= 0.6 is 0 Å². The summed E-state index contributed by atoms with van der Waals surface area (Å²) in [5, 5.41) is 23.9. The lowest BCUT2D eigenvalue weighted by Crippen LogP contribution is -2.43. The van der Waals surface area contributed by atoms with Gasteiger partial charge in [-0.25, -0.2) is 15.0 Å². The number of nitrogens with one attached hydrogen (secondary N) is 1. The van der Waals surface area contributed by atoms with E-state index in [0.717, 1.165) is 38.5 Å². The molecular formula is C26H34N6O6. The van der Waals surface area contributed by atoms with Crippen molar-refractivity contribution in [3.63, 3.8) is 0 Å². The summed E-state index contributed by atoms with van der Waals surface area (Å²) in [5.41, 5.74) is 6.69. The van der Waals surface area contributed by atoms with Crippen molar-refractivity contribution >= 4 is 28.9 Å². The van der Waals surface area contributed by atoms with Crippen LogP contribution in [0.15, 0.2) is 6.33 Å². The summed E-state index contributed by atoms with van der Waals surface area (Å²) in [4.78, 5) is 37.6. The van der Waals surface area contributed by atoms with Gasteiger partial charge in [-0.05, 0) is 64.2 Å². The number of amides is 1. The normalized spacial score (nSPS) is 29.2. The Labute approximate surface area is 220 Å². The molecule has 12 heteroatoms. The molecule has 38 heavy (non-hydrogen) atoms. The first-order valence-corrected chi connectivity index (χ1v) is 13.2. The monoisotopic (exact) mass is 526 g/mol. The van der Waals surface area contributed by atoms with Crippen molar-refractivity contribution in [3.05, 3.63) is 12.2 Å². The van der Waals surface area contributed by atoms with Crippen molar-refractivity contribution in [1.29, 1.82) is 0 Å². The molecular weight excluding hydrogens is 492 g/mol. The number of rotatable bonds is 6. The zero-order valence-corrected chi connectivity index (χ0v) is 21.5. The minimum absolute atomic E-state index is 0.0431. The van der Waals surface area contributed by atoms with Crippen molar-refractivity contribution < 1.29 is 29.3 Å². The number of fused-ring (bicyclic) bond motifs is 1.